The van der Waals surface area contributed by atoms with Gasteiger partial charge in [-0.2, -0.15) is 4.31 Å². The van der Waals surface area contributed by atoms with Crippen molar-refractivity contribution in [3.63, 3.8) is 0 Å². The van der Waals surface area contributed by atoms with E-state index >= 15 is 0 Å². The highest BCUT2D eigenvalue weighted by Crippen LogP contribution is 2.28. The Morgan fingerprint density at radius 1 is 1.21 bits per heavy atom. The molecule has 0 spiro atoms. The topological polar surface area (TPSA) is 40.6 Å². The van der Waals surface area contributed by atoms with Crippen LogP contribution in [0.3, 0.4) is 0 Å². The Bertz CT molecular complexity index is 571. The summed E-state index contributed by atoms with van der Waals surface area (Å²) in [5.41, 5.74) is 0.919. The SMILES string of the molecule is CCc1ccccc1S(=O)(=O)N1CCN2CCC1C2. The summed E-state index contributed by atoms with van der Waals surface area (Å²) in [4.78, 5) is 2.85. The highest BCUT2D eigenvalue weighted by molar-refractivity contribution is 7.89. The van der Waals surface area contributed by atoms with Gasteiger partial charge in [0.1, 0.15) is 0 Å². The molecule has 19 heavy (non-hydrogen) atoms. The summed E-state index contributed by atoms with van der Waals surface area (Å²) < 4.78 is 27.5. The van der Waals surface area contributed by atoms with Crippen LogP contribution in [0.2, 0.25) is 0 Å². The molecule has 0 radical (unpaired) electrons. The first-order chi connectivity index (χ1) is 9.13. The number of aryl methyl sites for hydroxylation is 1. The first kappa shape index (κ1) is 13.1. The molecule has 2 aliphatic heterocycles. The number of hydrogen-bond donors (Lipinski definition) is 0. The van der Waals surface area contributed by atoms with E-state index in [9.17, 15) is 8.42 Å². The number of hydrogen-bond acceptors (Lipinski definition) is 3. The molecule has 0 aromatic heterocycles. The van der Waals surface area contributed by atoms with Gasteiger partial charge in [0, 0.05) is 25.7 Å². The number of sulfonamides is 1. The fourth-order valence-electron chi connectivity index (χ4n) is 3.16. The van der Waals surface area contributed by atoms with Gasteiger partial charge in [0.2, 0.25) is 10.0 Å². The molecule has 0 amide bonds. The number of piperazine rings is 1. The van der Waals surface area contributed by atoms with E-state index in [0.29, 0.717) is 11.4 Å². The zero-order chi connectivity index (χ0) is 13.5. The van der Waals surface area contributed by atoms with Crippen molar-refractivity contribution < 1.29 is 8.42 Å². The van der Waals surface area contributed by atoms with Crippen molar-refractivity contribution in [2.45, 2.75) is 30.7 Å². The summed E-state index contributed by atoms with van der Waals surface area (Å²) >= 11 is 0. The summed E-state index contributed by atoms with van der Waals surface area (Å²) in [6.07, 6.45) is 1.72. The van der Waals surface area contributed by atoms with Crippen LogP contribution in [-0.2, 0) is 16.4 Å². The van der Waals surface area contributed by atoms with Gasteiger partial charge >= 0.3 is 0 Å². The molecule has 1 aromatic carbocycles. The quantitative estimate of drug-likeness (QED) is 0.838. The smallest absolute Gasteiger partial charge is 0.243 e. The highest BCUT2D eigenvalue weighted by Gasteiger charge is 2.39. The monoisotopic (exact) mass is 280 g/mol. The predicted molar refractivity (Wildman–Crippen MR) is 74.6 cm³/mol. The number of nitrogens with zero attached hydrogens (tertiary/aromatic N) is 2. The second kappa shape index (κ2) is 4.89. The molecule has 2 aliphatic rings. The van der Waals surface area contributed by atoms with E-state index in [1.54, 1.807) is 10.4 Å². The zero-order valence-corrected chi connectivity index (χ0v) is 12.1. The minimum absolute atomic E-state index is 0.170. The molecule has 2 heterocycles. The van der Waals surface area contributed by atoms with Gasteiger partial charge in [-0.15, -0.1) is 0 Å². The van der Waals surface area contributed by atoms with Crippen LogP contribution in [0.5, 0.6) is 0 Å². The van der Waals surface area contributed by atoms with Crippen LogP contribution in [0, 0.1) is 0 Å². The van der Waals surface area contributed by atoms with Crippen LogP contribution in [0.1, 0.15) is 18.9 Å². The number of rotatable bonds is 3. The van der Waals surface area contributed by atoms with Crippen molar-refractivity contribution in [2.75, 3.05) is 26.2 Å². The Hall–Kier alpha value is -0.910. The average molecular weight is 280 g/mol. The first-order valence-corrected chi connectivity index (χ1v) is 8.39. The van der Waals surface area contributed by atoms with E-state index in [1.807, 2.05) is 25.1 Å². The molecule has 2 atom stereocenters. The summed E-state index contributed by atoms with van der Waals surface area (Å²) in [5.74, 6) is 0. The Morgan fingerprint density at radius 2 is 2.00 bits per heavy atom. The molecule has 1 aromatic rings. The Morgan fingerprint density at radius 3 is 2.79 bits per heavy atom. The van der Waals surface area contributed by atoms with Gasteiger partial charge in [-0.3, -0.25) is 0 Å². The molecule has 4 nitrogen and oxygen atoms in total. The molecule has 0 saturated carbocycles. The lowest BCUT2D eigenvalue weighted by atomic mass is 10.2. The van der Waals surface area contributed by atoms with Crippen LogP contribution in [0.4, 0.5) is 0 Å². The molecule has 0 N–H and O–H groups in total. The van der Waals surface area contributed by atoms with Crippen molar-refractivity contribution in [2.24, 2.45) is 0 Å². The van der Waals surface area contributed by atoms with Gasteiger partial charge in [-0.05, 0) is 31.0 Å². The Kier molecular flexibility index (Phi) is 3.37. The average Bonchev–Trinajstić information content (AvgIpc) is 2.79. The Balaban J connectivity index is 1.98. The zero-order valence-electron chi connectivity index (χ0n) is 11.2. The second-order valence-corrected chi connectivity index (χ2v) is 7.18. The standard InChI is InChI=1S/C14H20N2O2S/c1-2-12-5-3-4-6-14(12)19(17,18)16-10-9-15-8-7-13(16)11-15/h3-6,13H,2,7-11H2,1H3. The molecule has 2 bridgehead atoms. The highest BCUT2D eigenvalue weighted by atomic mass is 32.2. The van der Waals surface area contributed by atoms with Crippen LogP contribution in [0.15, 0.2) is 29.2 Å². The maximum absolute atomic E-state index is 12.9. The summed E-state index contributed by atoms with van der Waals surface area (Å²) in [6.45, 7) is 5.43. The van der Waals surface area contributed by atoms with Crippen LogP contribution in [-0.4, -0.2) is 49.8 Å². The van der Waals surface area contributed by atoms with Crippen molar-refractivity contribution in [1.82, 2.24) is 9.21 Å². The lowest BCUT2D eigenvalue weighted by Crippen LogP contribution is -2.49. The van der Waals surface area contributed by atoms with E-state index in [2.05, 4.69) is 4.90 Å². The van der Waals surface area contributed by atoms with Gasteiger partial charge in [0.15, 0.2) is 0 Å². The van der Waals surface area contributed by atoms with E-state index in [0.717, 1.165) is 38.0 Å². The van der Waals surface area contributed by atoms with Crippen LogP contribution >= 0.6 is 0 Å². The molecule has 5 heteroatoms. The van der Waals surface area contributed by atoms with Gasteiger partial charge in [0.25, 0.3) is 0 Å². The van der Waals surface area contributed by atoms with E-state index in [1.165, 1.54) is 0 Å². The largest absolute Gasteiger partial charge is 0.300 e. The molecule has 104 valence electrons. The summed E-state index contributed by atoms with van der Waals surface area (Å²) in [5, 5.41) is 0. The molecule has 2 fully saturated rings. The number of fused-ring (bicyclic) bond motifs is 2. The minimum atomic E-state index is -3.33. The van der Waals surface area contributed by atoms with Gasteiger partial charge in [-0.1, -0.05) is 25.1 Å². The molecule has 3 rings (SSSR count). The Labute approximate surface area is 115 Å². The summed E-state index contributed by atoms with van der Waals surface area (Å²) in [7, 11) is -3.33. The summed E-state index contributed by atoms with van der Waals surface area (Å²) in [6, 6.07) is 7.55. The first-order valence-electron chi connectivity index (χ1n) is 6.95. The molecular formula is C14H20N2O2S. The predicted octanol–water partition coefficient (Wildman–Crippen LogP) is 1.33. The fourth-order valence-corrected chi connectivity index (χ4v) is 5.10. The fraction of sp³-hybridized carbons (Fsp3) is 0.571. The van der Waals surface area contributed by atoms with E-state index < -0.39 is 10.0 Å². The van der Waals surface area contributed by atoms with Crippen molar-refractivity contribution in [3.05, 3.63) is 29.8 Å². The van der Waals surface area contributed by atoms with E-state index in [4.69, 9.17) is 0 Å². The third-order valence-corrected chi connectivity index (χ3v) is 6.28. The van der Waals surface area contributed by atoms with Gasteiger partial charge in [-0.25, -0.2) is 8.42 Å². The maximum atomic E-state index is 12.9. The third kappa shape index (κ3) is 2.20. The molecule has 0 aliphatic carbocycles. The van der Waals surface area contributed by atoms with Gasteiger partial charge in [0.05, 0.1) is 4.90 Å². The molecule has 2 saturated heterocycles. The van der Waals surface area contributed by atoms with Crippen LogP contribution in [0.25, 0.3) is 0 Å². The minimum Gasteiger partial charge on any atom is -0.300 e. The van der Waals surface area contributed by atoms with E-state index in [-0.39, 0.29) is 6.04 Å². The normalized spacial score (nSPS) is 27.6. The molecule has 2 unspecified atom stereocenters. The second-order valence-electron chi connectivity index (χ2n) is 5.32. The van der Waals surface area contributed by atoms with Crippen molar-refractivity contribution >= 4 is 10.0 Å². The molecular weight excluding hydrogens is 260 g/mol. The number of benzene rings is 1. The lowest BCUT2D eigenvalue weighted by molar-refractivity contribution is 0.213. The van der Waals surface area contributed by atoms with Crippen molar-refractivity contribution in [1.29, 1.82) is 0 Å². The van der Waals surface area contributed by atoms with Crippen molar-refractivity contribution in [3.8, 4) is 0 Å². The third-order valence-electron chi connectivity index (χ3n) is 4.23. The lowest BCUT2D eigenvalue weighted by Gasteiger charge is -2.33. The maximum Gasteiger partial charge on any atom is 0.243 e. The van der Waals surface area contributed by atoms with Gasteiger partial charge < -0.3 is 4.90 Å². The van der Waals surface area contributed by atoms with Crippen LogP contribution < -0.4 is 0 Å².